The van der Waals surface area contributed by atoms with E-state index in [1.807, 2.05) is 0 Å². The second-order valence-corrected chi connectivity index (χ2v) is 5.94. The number of aliphatic hydroxyl groups is 2. The molecule has 5 nitrogen and oxygen atoms in total. The van der Waals surface area contributed by atoms with Gasteiger partial charge in [0.1, 0.15) is 11.5 Å². The van der Waals surface area contributed by atoms with Gasteiger partial charge in [-0.1, -0.05) is 0 Å². The number of hydrogen-bond donors (Lipinski definition) is 2. The summed E-state index contributed by atoms with van der Waals surface area (Å²) in [6.45, 7) is 1.44. The molecule has 2 aromatic carbocycles. The number of ether oxygens (including phenoxy) is 2. The molecule has 0 bridgehead atoms. The van der Waals surface area contributed by atoms with E-state index in [4.69, 9.17) is 19.7 Å². The molecule has 0 amide bonds. The van der Waals surface area contributed by atoms with Crippen LogP contribution in [0.1, 0.15) is 41.6 Å². The van der Waals surface area contributed by atoms with Gasteiger partial charge in [-0.15, -0.1) is 0 Å². The fourth-order valence-electron chi connectivity index (χ4n) is 2.38. The SMILES string of the molecule is O=C(c1ccc(OCCCCO)cc1)c1ccc(OCCCCO)cc1. The van der Waals surface area contributed by atoms with Crippen LogP contribution in [0, 0.1) is 0 Å². The van der Waals surface area contributed by atoms with Gasteiger partial charge in [0.15, 0.2) is 5.78 Å². The van der Waals surface area contributed by atoms with Crippen molar-refractivity contribution in [3.63, 3.8) is 0 Å². The molecule has 0 radical (unpaired) electrons. The summed E-state index contributed by atoms with van der Waals surface area (Å²) in [5.74, 6) is 1.38. The van der Waals surface area contributed by atoms with Gasteiger partial charge in [-0.05, 0) is 74.2 Å². The van der Waals surface area contributed by atoms with E-state index < -0.39 is 0 Å². The van der Waals surface area contributed by atoms with E-state index in [9.17, 15) is 4.79 Å². The van der Waals surface area contributed by atoms with Gasteiger partial charge in [-0.3, -0.25) is 4.79 Å². The predicted molar refractivity (Wildman–Crippen MR) is 99.9 cm³/mol. The monoisotopic (exact) mass is 358 g/mol. The molecule has 0 saturated carbocycles. The summed E-state index contributed by atoms with van der Waals surface area (Å²) in [6, 6.07) is 14.1. The lowest BCUT2D eigenvalue weighted by atomic mass is 10.0. The van der Waals surface area contributed by atoms with Crippen LogP contribution >= 0.6 is 0 Å². The summed E-state index contributed by atoms with van der Waals surface area (Å²) >= 11 is 0. The second-order valence-electron chi connectivity index (χ2n) is 5.94. The molecule has 140 valence electrons. The van der Waals surface area contributed by atoms with E-state index in [1.54, 1.807) is 48.5 Å². The fourth-order valence-corrected chi connectivity index (χ4v) is 2.38. The molecule has 2 rings (SSSR count). The first kappa shape index (κ1) is 19.9. The third kappa shape index (κ3) is 6.50. The maximum atomic E-state index is 12.5. The number of aliphatic hydroxyl groups excluding tert-OH is 2. The lowest BCUT2D eigenvalue weighted by Crippen LogP contribution is -2.03. The van der Waals surface area contributed by atoms with Crippen molar-refractivity contribution in [3.8, 4) is 11.5 Å². The van der Waals surface area contributed by atoms with Crippen LogP contribution in [0.25, 0.3) is 0 Å². The van der Waals surface area contributed by atoms with E-state index in [0.29, 0.717) is 35.8 Å². The Hall–Kier alpha value is -2.37. The number of carbonyl (C=O) groups is 1. The zero-order valence-electron chi connectivity index (χ0n) is 14.9. The lowest BCUT2D eigenvalue weighted by molar-refractivity contribution is 0.103. The van der Waals surface area contributed by atoms with Crippen molar-refractivity contribution in [2.45, 2.75) is 25.7 Å². The molecule has 0 aromatic heterocycles. The number of rotatable bonds is 12. The van der Waals surface area contributed by atoms with Crippen LogP contribution in [0.2, 0.25) is 0 Å². The summed E-state index contributed by atoms with van der Waals surface area (Å²) in [7, 11) is 0. The normalized spacial score (nSPS) is 10.5. The summed E-state index contributed by atoms with van der Waals surface area (Å²) in [5, 5.41) is 17.5. The molecule has 0 fully saturated rings. The minimum atomic E-state index is -0.0522. The molecule has 0 atom stereocenters. The molecule has 2 aromatic rings. The van der Waals surface area contributed by atoms with Gasteiger partial charge >= 0.3 is 0 Å². The van der Waals surface area contributed by atoms with Gasteiger partial charge in [-0.2, -0.15) is 0 Å². The van der Waals surface area contributed by atoms with Crippen molar-refractivity contribution in [2.24, 2.45) is 0 Å². The molecular weight excluding hydrogens is 332 g/mol. The largest absolute Gasteiger partial charge is 0.494 e. The van der Waals surface area contributed by atoms with Gasteiger partial charge in [0.05, 0.1) is 13.2 Å². The van der Waals surface area contributed by atoms with Crippen LogP contribution < -0.4 is 9.47 Å². The average molecular weight is 358 g/mol. The third-order valence-electron chi connectivity index (χ3n) is 3.88. The minimum Gasteiger partial charge on any atom is -0.494 e. The number of hydrogen-bond acceptors (Lipinski definition) is 5. The summed E-state index contributed by atoms with van der Waals surface area (Å²) in [6.07, 6.45) is 3.03. The first-order valence-electron chi connectivity index (χ1n) is 8.96. The highest BCUT2D eigenvalue weighted by atomic mass is 16.5. The van der Waals surface area contributed by atoms with Crippen LogP contribution in [0.5, 0.6) is 11.5 Å². The molecule has 0 spiro atoms. The molecule has 0 aliphatic heterocycles. The summed E-state index contributed by atoms with van der Waals surface area (Å²) in [5.41, 5.74) is 1.20. The topological polar surface area (TPSA) is 76.0 Å². The van der Waals surface area contributed by atoms with Crippen molar-refractivity contribution in [3.05, 3.63) is 59.7 Å². The van der Waals surface area contributed by atoms with Crippen molar-refractivity contribution >= 4 is 5.78 Å². The highest BCUT2D eigenvalue weighted by Gasteiger charge is 2.09. The Kier molecular flexibility index (Phi) is 8.66. The van der Waals surface area contributed by atoms with Crippen molar-refractivity contribution in [1.29, 1.82) is 0 Å². The van der Waals surface area contributed by atoms with E-state index in [2.05, 4.69) is 0 Å². The molecule has 5 heteroatoms. The van der Waals surface area contributed by atoms with Crippen molar-refractivity contribution in [2.75, 3.05) is 26.4 Å². The van der Waals surface area contributed by atoms with Crippen LogP contribution in [-0.2, 0) is 0 Å². The fraction of sp³-hybridized carbons (Fsp3) is 0.381. The van der Waals surface area contributed by atoms with Gasteiger partial charge < -0.3 is 19.7 Å². The van der Waals surface area contributed by atoms with Crippen molar-refractivity contribution < 1.29 is 24.5 Å². The maximum Gasteiger partial charge on any atom is 0.193 e. The first-order valence-corrected chi connectivity index (χ1v) is 8.96. The molecule has 0 saturated heterocycles. The molecule has 0 heterocycles. The predicted octanol–water partition coefficient (Wildman–Crippen LogP) is 3.22. The quantitative estimate of drug-likeness (QED) is 0.450. The third-order valence-corrected chi connectivity index (χ3v) is 3.88. The van der Waals surface area contributed by atoms with Gasteiger partial charge in [0, 0.05) is 24.3 Å². The van der Waals surface area contributed by atoms with Gasteiger partial charge in [0.25, 0.3) is 0 Å². The highest BCUT2D eigenvalue weighted by Crippen LogP contribution is 2.18. The van der Waals surface area contributed by atoms with Gasteiger partial charge in [-0.25, -0.2) is 0 Å². The lowest BCUT2D eigenvalue weighted by Gasteiger charge is -2.08. The molecule has 2 N–H and O–H groups in total. The maximum absolute atomic E-state index is 12.5. The Balaban J connectivity index is 1.87. The Bertz CT molecular complexity index is 592. The number of benzene rings is 2. The van der Waals surface area contributed by atoms with E-state index in [0.717, 1.165) is 25.7 Å². The van der Waals surface area contributed by atoms with Crippen LogP contribution in [0.4, 0.5) is 0 Å². The highest BCUT2D eigenvalue weighted by molar-refractivity contribution is 6.09. The van der Waals surface area contributed by atoms with Crippen LogP contribution in [0.15, 0.2) is 48.5 Å². The smallest absolute Gasteiger partial charge is 0.193 e. The number of ketones is 1. The van der Waals surface area contributed by atoms with E-state index >= 15 is 0 Å². The Labute approximate surface area is 154 Å². The zero-order valence-corrected chi connectivity index (χ0v) is 14.9. The minimum absolute atomic E-state index is 0.0522. The second kappa shape index (κ2) is 11.3. The standard InChI is InChI=1S/C21H26O5/c22-13-1-3-15-25-19-9-5-17(6-10-19)21(24)18-7-11-20(12-8-18)26-16-4-2-14-23/h5-12,22-23H,1-4,13-16H2. The summed E-state index contributed by atoms with van der Waals surface area (Å²) in [4.78, 5) is 12.5. The Morgan fingerprint density at radius 2 is 1.04 bits per heavy atom. The van der Waals surface area contributed by atoms with Crippen molar-refractivity contribution in [1.82, 2.24) is 0 Å². The Morgan fingerprint density at radius 1 is 0.654 bits per heavy atom. The molecule has 0 unspecified atom stereocenters. The zero-order chi connectivity index (χ0) is 18.6. The molecule has 0 aliphatic carbocycles. The number of carbonyl (C=O) groups excluding carboxylic acids is 1. The summed E-state index contributed by atoms with van der Waals surface area (Å²) < 4.78 is 11.1. The van der Waals surface area contributed by atoms with Crippen LogP contribution in [-0.4, -0.2) is 42.4 Å². The van der Waals surface area contributed by atoms with Crippen LogP contribution in [0.3, 0.4) is 0 Å². The van der Waals surface area contributed by atoms with E-state index in [1.165, 1.54) is 0 Å². The molecular formula is C21H26O5. The Morgan fingerprint density at radius 3 is 1.38 bits per heavy atom. The first-order chi connectivity index (χ1) is 12.7. The average Bonchev–Trinajstić information content (AvgIpc) is 2.69. The molecule has 0 aliphatic rings. The van der Waals surface area contributed by atoms with Gasteiger partial charge in [0.2, 0.25) is 0 Å². The number of unbranched alkanes of at least 4 members (excludes halogenated alkanes) is 2. The molecule has 26 heavy (non-hydrogen) atoms. The van der Waals surface area contributed by atoms with E-state index in [-0.39, 0.29) is 19.0 Å².